The van der Waals surface area contributed by atoms with Gasteiger partial charge in [-0.15, -0.1) is 0 Å². The van der Waals surface area contributed by atoms with Crippen LogP contribution in [0.15, 0.2) is 23.0 Å². The minimum atomic E-state index is -0.0305. The van der Waals surface area contributed by atoms with Crippen LogP contribution in [0.5, 0.6) is 0 Å². The Morgan fingerprint density at radius 1 is 1.11 bits per heavy atom. The highest BCUT2D eigenvalue weighted by molar-refractivity contribution is 6.30. The van der Waals surface area contributed by atoms with E-state index in [0.29, 0.717) is 5.15 Å². The van der Waals surface area contributed by atoms with E-state index in [1.165, 1.54) is 0 Å². The quantitative estimate of drug-likeness (QED) is 0.583. The Labute approximate surface area is 108 Å². The second-order valence-electron chi connectivity index (χ2n) is 4.49. The largest absolute Gasteiger partial charge is 0.328 e. The van der Waals surface area contributed by atoms with Crippen LogP contribution in [0.25, 0.3) is 21.8 Å². The molecule has 0 bridgehead atoms. The first-order valence-corrected chi connectivity index (χ1v) is 5.99. The Morgan fingerprint density at radius 2 is 1.72 bits per heavy atom. The van der Waals surface area contributed by atoms with E-state index in [0.717, 1.165) is 27.5 Å². The maximum absolute atomic E-state index is 11.9. The molecule has 3 aromatic rings. The highest BCUT2D eigenvalue weighted by atomic mass is 35.5. The maximum atomic E-state index is 11.9. The zero-order valence-corrected chi connectivity index (χ0v) is 11.1. The highest BCUT2D eigenvalue weighted by Gasteiger charge is 2.10. The normalized spacial score (nSPS) is 11.6. The summed E-state index contributed by atoms with van der Waals surface area (Å²) >= 11 is 5.97. The molecule has 3 rings (SSSR count). The first-order valence-electron chi connectivity index (χ1n) is 5.61. The summed E-state index contributed by atoms with van der Waals surface area (Å²) in [5.74, 6) is 0. The van der Waals surface area contributed by atoms with Crippen LogP contribution in [0.1, 0.15) is 5.69 Å². The van der Waals surface area contributed by atoms with Crippen molar-refractivity contribution >= 4 is 33.4 Å². The minimum Gasteiger partial charge on any atom is -0.295 e. The van der Waals surface area contributed by atoms with Gasteiger partial charge in [0.15, 0.2) is 0 Å². The minimum absolute atomic E-state index is 0.0305. The Balaban J connectivity index is 2.60. The molecule has 0 spiro atoms. The number of hydrogen-bond acceptors (Lipinski definition) is 2. The number of benzene rings is 1. The summed E-state index contributed by atoms with van der Waals surface area (Å²) in [5, 5.41) is 2.49. The molecule has 5 heteroatoms. The van der Waals surface area contributed by atoms with Crippen LogP contribution in [0.3, 0.4) is 0 Å². The summed E-state index contributed by atoms with van der Waals surface area (Å²) in [6.07, 6.45) is 0. The zero-order chi connectivity index (χ0) is 13.0. The smallest absolute Gasteiger partial charge is 0.295 e. The fourth-order valence-corrected chi connectivity index (χ4v) is 2.62. The number of nitrogens with zero attached hydrogens (tertiary/aromatic N) is 3. The molecule has 2 heterocycles. The van der Waals surface area contributed by atoms with Gasteiger partial charge in [-0.1, -0.05) is 11.6 Å². The molecule has 1 aromatic carbocycles. The number of rotatable bonds is 0. The summed E-state index contributed by atoms with van der Waals surface area (Å²) in [6, 6.07) is 5.79. The number of imidazole rings is 1. The Kier molecular flexibility index (Phi) is 2.25. The first kappa shape index (κ1) is 11.3. The SMILES string of the molecule is Cc1nc(Cl)cc2cc3c(cc12)n(C)c(=O)n3C. The van der Waals surface area contributed by atoms with Gasteiger partial charge in [-0.25, -0.2) is 9.78 Å². The van der Waals surface area contributed by atoms with E-state index < -0.39 is 0 Å². The summed E-state index contributed by atoms with van der Waals surface area (Å²) in [4.78, 5) is 16.1. The maximum Gasteiger partial charge on any atom is 0.328 e. The van der Waals surface area contributed by atoms with Gasteiger partial charge in [0.2, 0.25) is 0 Å². The van der Waals surface area contributed by atoms with Crippen LogP contribution >= 0.6 is 11.6 Å². The summed E-state index contributed by atoms with van der Waals surface area (Å²) < 4.78 is 3.28. The molecule has 0 saturated heterocycles. The molecule has 2 aromatic heterocycles. The number of aryl methyl sites for hydroxylation is 3. The summed E-state index contributed by atoms with van der Waals surface area (Å²) in [5.41, 5.74) is 2.65. The van der Waals surface area contributed by atoms with Crippen molar-refractivity contribution in [3.05, 3.63) is 39.5 Å². The Morgan fingerprint density at radius 3 is 2.39 bits per heavy atom. The van der Waals surface area contributed by atoms with E-state index in [1.54, 1.807) is 23.2 Å². The molecule has 0 N–H and O–H groups in total. The predicted octanol–water partition coefficient (Wildman–Crippen LogP) is 2.39. The number of pyridine rings is 1. The van der Waals surface area contributed by atoms with E-state index in [1.807, 2.05) is 25.1 Å². The van der Waals surface area contributed by atoms with Gasteiger partial charge in [0.1, 0.15) is 5.15 Å². The summed E-state index contributed by atoms with van der Waals surface area (Å²) in [7, 11) is 3.54. The Hall–Kier alpha value is -1.81. The highest BCUT2D eigenvalue weighted by Crippen LogP contribution is 2.25. The van der Waals surface area contributed by atoms with Gasteiger partial charge < -0.3 is 0 Å². The Bertz CT molecular complexity index is 845. The van der Waals surface area contributed by atoms with Crippen LogP contribution in [0, 0.1) is 6.92 Å². The molecule has 0 amide bonds. The van der Waals surface area contributed by atoms with Crippen molar-refractivity contribution in [3.63, 3.8) is 0 Å². The van der Waals surface area contributed by atoms with Crippen molar-refractivity contribution in [2.75, 3.05) is 0 Å². The van der Waals surface area contributed by atoms with Gasteiger partial charge in [-0.05, 0) is 30.5 Å². The van der Waals surface area contributed by atoms with Crippen molar-refractivity contribution in [2.45, 2.75) is 6.92 Å². The zero-order valence-electron chi connectivity index (χ0n) is 10.4. The van der Waals surface area contributed by atoms with Gasteiger partial charge in [0, 0.05) is 25.2 Å². The van der Waals surface area contributed by atoms with Crippen LogP contribution in [0.2, 0.25) is 5.15 Å². The first-order chi connectivity index (χ1) is 8.49. The molecule has 0 atom stereocenters. The van der Waals surface area contributed by atoms with E-state index in [4.69, 9.17) is 11.6 Å². The van der Waals surface area contributed by atoms with Crippen molar-refractivity contribution in [1.82, 2.24) is 14.1 Å². The average molecular weight is 262 g/mol. The molecule has 4 nitrogen and oxygen atoms in total. The third kappa shape index (κ3) is 1.39. The molecule has 0 radical (unpaired) electrons. The molecule has 18 heavy (non-hydrogen) atoms. The van der Waals surface area contributed by atoms with Gasteiger partial charge in [0.25, 0.3) is 0 Å². The van der Waals surface area contributed by atoms with Crippen molar-refractivity contribution in [2.24, 2.45) is 14.1 Å². The lowest BCUT2D eigenvalue weighted by Crippen LogP contribution is -2.19. The second kappa shape index (κ2) is 3.59. The lowest BCUT2D eigenvalue weighted by molar-refractivity contribution is 0.795. The number of halogens is 1. The molecule has 0 fully saturated rings. The van der Waals surface area contributed by atoms with E-state index in [2.05, 4.69) is 4.98 Å². The van der Waals surface area contributed by atoms with Crippen LogP contribution < -0.4 is 5.69 Å². The van der Waals surface area contributed by atoms with E-state index >= 15 is 0 Å². The second-order valence-corrected chi connectivity index (χ2v) is 4.88. The molecule has 92 valence electrons. The van der Waals surface area contributed by atoms with Gasteiger partial charge in [-0.3, -0.25) is 9.13 Å². The van der Waals surface area contributed by atoms with Crippen LogP contribution in [-0.4, -0.2) is 14.1 Å². The predicted molar refractivity (Wildman–Crippen MR) is 73.2 cm³/mol. The van der Waals surface area contributed by atoms with Crippen molar-refractivity contribution < 1.29 is 0 Å². The molecule has 0 aliphatic rings. The standard InChI is InChI=1S/C13H12ClN3O/c1-7-9-6-11-10(16(2)13(18)17(11)3)4-8(9)5-12(14)15-7/h4-6H,1-3H3. The molecule has 0 unspecified atom stereocenters. The molecule has 0 aliphatic carbocycles. The number of hydrogen-bond donors (Lipinski definition) is 0. The fourth-order valence-electron chi connectivity index (χ4n) is 2.38. The molecular formula is C13H12ClN3O. The van der Waals surface area contributed by atoms with E-state index in [9.17, 15) is 4.79 Å². The monoisotopic (exact) mass is 261 g/mol. The van der Waals surface area contributed by atoms with Crippen molar-refractivity contribution in [1.29, 1.82) is 0 Å². The topological polar surface area (TPSA) is 39.8 Å². The molecular weight excluding hydrogens is 250 g/mol. The van der Waals surface area contributed by atoms with E-state index in [-0.39, 0.29) is 5.69 Å². The third-order valence-electron chi connectivity index (χ3n) is 3.38. The number of aromatic nitrogens is 3. The lowest BCUT2D eigenvalue weighted by Gasteiger charge is -2.04. The lowest BCUT2D eigenvalue weighted by atomic mass is 10.1. The molecule has 0 aliphatic heterocycles. The third-order valence-corrected chi connectivity index (χ3v) is 3.58. The summed E-state index contributed by atoms with van der Waals surface area (Å²) in [6.45, 7) is 1.92. The number of fused-ring (bicyclic) bond motifs is 2. The average Bonchev–Trinajstić information content (AvgIpc) is 2.53. The fraction of sp³-hybridized carbons (Fsp3) is 0.231. The van der Waals surface area contributed by atoms with Gasteiger partial charge >= 0.3 is 5.69 Å². The van der Waals surface area contributed by atoms with Gasteiger partial charge in [-0.2, -0.15) is 0 Å². The van der Waals surface area contributed by atoms with Gasteiger partial charge in [0.05, 0.1) is 11.0 Å². The van der Waals surface area contributed by atoms with Crippen LogP contribution in [-0.2, 0) is 14.1 Å². The van der Waals surface area contributed by atoms with Crippen LogP contribution in [0.4, 0.5) is 0 Å². The van der Waals surface area contributed by atoms with Crippen molar-refractivity contribution in [3.8, 4) is 0 Å². The molecule has 0 saturated carbocycles.